The summed E-state index contributed by atoms with van der Waals surface area (Å²) >= 11 is 0. The summed E-state index contributed by atoms with van der Waals surface area (Å²) < 4.78 is 44.3. The summed E-state index contributed by atoms with van der Waals surface area (Å²) in [5, 5.41) is 0.523. The van der Waals surface area contributed by atoms with Crippen LogP contribution >= 0.6 is 0 Å². The Hall–Kier alpha value is -4.67. The van der Waals surface area contributed by atoms with Crippen molar-refractivity contribution in [3.63, 3.8) is 0 Å². The number of hydrogen-bond acceptors (Lipinski definition) is 6. The highest BCUT2D eigenvalue weighted by Gasteiger charge is 2.30. The zero-order chi connectivity index (χ0) is 26.4. The molecule has 1 amide bonds. The van der Waals surface area contributed by atoms with Gasteiger partial charge < -0.3 is 14.2 Å². The van der Waals surface area contributed by atoms with Crippen molar-refractivity contribution in [3.05, 3.63) is 88.2 Å². The van der Waals surface area contributed by atoms with E-state index in [0.29, 0.717) is 65.3 Å². The quantitative estimate of drug-likeness (QED) is 0.371. The molecule has 3 aromatic carbocycles. The van der Waals surface area contributed by atoms with Crippen LogP contribution in [0.25, 0.3) is 33.5 Å². The molecule has 0 spiro atoms. The third-order valence-electron chi connectivity index (χ3n) is 6.56. The number of piperazine rings is 1. The lowest BCUT2D eigenvalue weighted by Gasteiger charge is -2.35. The minimum atomic E-state index is -4.43. The van der Waals surface area contributed by atoms with E-state index in [9.17, 15) is 22.8 Å². The molecule has 0 bridgehead atoms. The maximum atomic E-state index is 13.2. The van der Waals surface area contributed by atoms with Gasteiger partial charge in [-0.15, -0.1) is 0 Å². The zero-order valence-corrected chi connectivity index (χ0v) is 19.8. The molecule has 5 aromatic rings. The molecule has 1 fully saturated rings. The van der Waals surface area contributed by atoms with Crippen LogP contribution < -0.4 is 10.5 Å². The highest BCUT2D eigenvalue weighted by Crippen LogP contribution is 2.32. The number of para-hydroxylation sites is 1. The van der Waals surface area contributed by atoms with Gasteiger partial charge in [0.25, 0.3) is 11.5 Å². The number of alkyl halides is 3. The number of fused-ring (bicyclic) bond motifs is 2. The second kappa shape index (κ2) is 9.02. The molecule has 0 radical (unpaired) electrons. The molecular formula is C27H20F3N5O3. The number of oxazole rings is 1. The number of nitrogens with zero attached hydrogens (tertiary/aromatic N) is 4. The molecular weight excluding hydrogens is 499 g/mol. The Morgan fingerprint density at radius 2 is 1.63 bits per heavy atom. The summed E-state index contributed by atoms with van der Waals surface area (Å²) in [6, 6.07) is 16.6. The summed E-state index contributed by atoms with van der Waals surface area (Å²) in [6.07, 6.45) is -4.43. The Labute approximate surface area is 213 Å². The van der Waals surface area contributed by atoms with Gasteiger partial charge in [-0.3, -0.25) is 14.6 Å². The van der Waals surface area contributed by atoms with E-state index in [0.717, 1.165) is 12.1 Å². The second-order valence-corrected chi connectivity index (χ2v) is 8.96. The Morgan fingerprint density at radius 1 is 0.895 bits per heavy atom. The van der Waals surface area contributed by atoms with Crippen molar-refractivity contribution >= 4 is 33.9 Å². The van der Waals surface area contributed by atoms with Crippen molar-refractivity contribution in [3.8, 4) is 11.5 Å². The Bertz CT molecular complexity index is 1720. The van der Waals surface area contributed by atoms with Crippen molar-refractivity contribution in [2.45, 2.75) is 6.18 Å². The zero-order valence-electron chi connectivity index (χ0n) is 19.8. The van der Waals surface area contributed by atoms with E-state index in [1.165, 1.54) is 12.1 Å². The van der Waals surface area contributed by atoms with Crippen LogP contribution in [0, 0.1) is 0 Å². The van der Waals surface area contributed by atoms with Crippen molar-refractivity contribution in [2.24, 2.45) is 0 Å². The molecule has 0 unspecified atom stereocenters. The lowest BCUT2D eigenvalue weighted by Crippen LogP contribution is -2.49. The summed E-state index contributed by atoms with van der Waals surface area (Å²) in [5.74, 6) is 0.461. The van der Waals surface area contributed by atoms with Gasteiger partial charge in [-0.2, -0.15) is 13.2 Å². The molecule has 192 valence electrons. The van der Waals surface area contributed by atoms with Crippen LogP contribution in [0.2, 0.25) is 0 Å². The molecule has 0 atom stereocenters. The average molecular weight is 519 g/mol. The van der Waals surface area contributed by atoms with Crippen LogP contribution in [0.4, 0.5) is 19.1 Å². The molecule has 0 saturated carbocycles. The number of amides is 1. The van der Waals surface area contributed by atoms with Gasteiger partial charge in [-0.05, 0) is 54.6 Å². The number of nitrogens with one attached hydrogen (secondary N) is 1. The number of carbonyl (C=O) groups is 1. The number of halogens is 3. The molecule has 1 saturated heterocycles. The van der Waals surface area contributed by atoms with Gasteiger partial charge >= 0.3 is 6.18 Å². The van der Waals surface area contributed by atoms with E-state index in [4.69, 9.17) is 4.42 Å². The predicted molar refractivity (Wildman–Crippen MR) is 135 cm³/mol. The van der Waals surface area contributed by atoms with E-state index >= 15 is 0 Å². The van der Waals surface area contributed by atoms with E-state index in [1.54, 1.807) is 41.3 Å². The predicted octanol–water partition coefficient (Wildman–Crippen LogP) is 4.71. The third-order valence-corrected chi connectivity index (χ3v) is 6.56. The molecule has 1 aliphatic heterocycles. The average Bonchev–Trinajstić information content (AvgIpc) is 3.36. The van der Waals surface area contributed by atoms with Crippen molar-refractivity contribution in [1.82, 2.24) is 19.9 Å². The highest BCUT2D eigenvalue weighted by molar-refractivity contribution is 5.97. The van der Waals surface area contributed by atoms with Gasteiger partial charge in [0.05, 0.1) is 16.5 Å². The van der Waals surface area contributed by atoms with Crippen molar-refractivity contribution in [2.75, 3.05) is 31.1 Å². The fourth-order valence-corrected chi connectivity index (χ4v) is 4.51. The lowest BCUT2D eigenvalue weighted by atomic mass is 10.1. The minimum Gasteiger partial charge on any atom is -0.436 e. The third kappa shape index (κ3) is 4.36. The molecule has 1 aliphatic rings. The molecule has 1 N–H and O–H groups in total. The first kappa shape index (κ1) is 23.7. The van der Waals surface area contributed by atoms with E-state index in [1.807, 2.05) is 11.0 Å². The highest BCUT2D eigenvalue weighted by atomic mass is 19.4. The van der Waals surface area contributed by atoms with Crippen LogP contribution in [0.3, 0.4) is 0 Å². The van der Waals surface area contributed by atoms with Crippen molar-refractivity contribution < 1.29 is 22.4 Å². The number of aromatic nitrogens is 3. The van der Waals surface area contributed by atoms with Crippen LogP contribution in [0.15, 0.2) is 75.9 Å². The second-order valence-electron chi connectivity index (χ2n) is 8.96. The Morgan fingerprint density at radius 3 is 2.37 bits per heavy atom. The van der Waals surface area contributed by atoms with Crippen LogP contribution in [0.5, 0.6) is 0 Å². The van der Waals surface area contributed by atoms with Gasteiger partial charge in [-0.1, -0.05) is 12.1 Å². The number of H-pyrrole nitrogens is 1. The standard InChI is InChI=1S/C27H20F3N5O3/c28-27(29,30)18-8-5-16(6-9-18)24-31-21-10-7-17(15-22(21)38-24)25(37)34-11-13-35(14-12-34)26-32-20-4-2-1-3-19(20)23(36)33-26/h1-10,15H,11-14H2,(H,32,33,36). The SMILES string of the molecule is O=C(c1ccc2nc(-c3ccc(C(F)(F)F)cc3)oc2c1)N1CCN(c2nc3ccccc3c(=O)[nH]2)CC1. The van der Waals surface area contributed by atoms with Crippen LogP contribution in [0.1, 0.15) is 15.9 Å². The summed E-state index contributed by atoms with van der Waals surface area (Å²) in [5.41, 5.74) is 1.32. The summed E-state index contributed by atoms with van der Waals surface area (Å²) in [7, 11) is 0. The number of aromatic amines is 1. The number of carbonyl (C=O) groups excluding carboxylic acids is 1. The number of benzene rings is 3. The van der Waals surface area contributed by atoms with E-state index in [-0.39, 0.29) is 17.4 Å². The first-order chi connectivity index (χ1) is 18.3. The van der Waals surface area contributed by atoms with Gasteiger partial charge in [0.1, 0.15) is 5.52 Å². The topological polar surface area (TPSA) is 95.3 Å². The first-order valence-corrected chi connectivity index (χ1v) is 11.9. The lowest BCUT2D eigenvalue weighted by molar-refractivity contribution is -0.137. The van der Waals surface area contributed by atoms with E-state index in [2.05, 4.69) is 15.0 Å². The Kier molecular flexibility index (Phi) is 5.63. The van der Waals surface area contributed by atoms with Gasteiger partial charge in [0, 0.05) is 37.3 Å². The number of rotatable bonds is 3. The van der Waals surface area contributed by atoms with E-state index < -0.39 is 11.7 Å². The molecule has 2 aromatic heterocycles. The molecule has 11 heteroatoms. The van der Waals surface area contributed by atoms with Gasteiger partial charge in [-0.25, -0.2) is 9.97 Å². The fourth-order valence-electron chi connectivity index (χ4n) is 4.51. The molecule has 8 nitrogen and oxygen atoms in total. The number of hydrogen-bond donors (Lipinski definition) is 1. The van der Waals surface area contributed by atoms with Gasteiger partial charge in [0.15, 0.2) is 5.58 Å². The first-order valence-electron chi connectivity index (χ1n) is 11.9. The van der Waals surface area contributed by atoms with Crippen LogP contribution in [-0.4, -0.2) is 51.9 Å². The maximum Gasteiger partial charge on any atom is 0.416 e. The smallest absolute Gasteiger partial charge is 0.416 e. The maximum absolute atomic E-state index is 13.2. The molecule has 3 heterocycles. The van der Waals surface area contributed by atoms with Gasteiger partial charge in [0.2, 0.25) is 11.8 Å². The normalized spacial score (nSPS) is 14.4. The van der Waals surface area contributed by atoms with Crippen LogP contribution in [-0.2, 0) is 6.18 Å². The summed E-state index contributed by atoms with van der Waals surface area (Å²) in [6.45, 7) is 1.85. The summed E-state index contributed by atoms with van der Waals surface area (Å²) in [4.78, 5) is 41.0. The Balaban J connectivity index is 1.17. The molecule has 0 aliphatic carbocycles. The monoisotopic (exact) mass is 519 g/mol. The molecule has 6 rings (SSSR count). The van der Waals surface area contributed by atoms with Crippen molar-refractivity contribution in [1.29, 1.82) is 0 Å². The molecule has 38 heavy (non-hydrogen) atoms. The fraction of sp³-hybridized carbons (Fsp3) is 0.185. The minimum absolute atomic E-state index is 0.170. The number of anilines is 1. The largest absolute Gasteiger partial charge is 0.436 e.